The second-order valence-corrected chi connectivity index (χ2v) is 9.42. The average molecular weight is 452 g/mol. The summed E-state index contributed by atoms with van der Waals surface area (Å²) in [5.74, 6) is -0.866. The molecule has 7 nitrogen and oxygen atoms in total. The molecule has 2 aromatic carbocycles. The highest BCUT2D eigenvalue weighted by Crippen LogP contribution is 2.25. The minimum atomic E-state index is -3.77. The lowest BCUT2D eigenvalue weighted by atomic mass is 10.1. The molecule has 0 saturated carbocycles. The van der Waals surface area contributed by atoms with E-state index < -0.39 is 22.0 Å². The van der Waals surface area contributed by atoms with Crippen LogP contribution in [0.15, 0.2) is 48.5 Å². The van der Waals surface area contributed by atoms with Crippen molar-refractivity contribution in [3.63, 3.8) is 0 Å². The first-order chi connectivity index (χ1) is 14.0. The number of nitrogens with zero attached hydrogens (tertiary/aromatic N) is 1. The predicted molar refractivity (Wildman–Crippen MR) is 121 cm³/mol. The average Bonchev–Trinajstić information content (AvgIpc) is 2.65. The number of hydrogen-bond acceptors (Lipinski definition) is 4. The Balaban J connectivity index is 2.38. The zero-order valence-corrected chi connectivity index (χ0v) is 18.9. The van der Waals surface area contributed by atoms with Crippen LogP contribution in [0.1, 0.15) is 37.6 Å². The van der Waals surface area contributed by atoms with Gasteiger partial charge in [-0.1, -0.05) is 30.7 Å². The van der Waals surface area contributed by atoms with Gasteiger partial charge in [0.1, 0.15) is 6.04 Å². The van der Waals surface area contributed by atoms with Gasteiger partial charge in [0.05, 0.1) is 23.2 Å². The second-order valence-electron chi connectivity index (χ2n) is 7.12. The van der Waals surface area contributed by atoms with Crippen LogP contribution in [0.25, 0.3) is 0 Å². The monoisotopic (exact) mass is 451 g/mol. The Kier molecular flexibility index (Phi) is 7.86. The summed E-state index contributed by atoms with van der Waals surface area (Å²) < 4.78 is 26.1. The molecule has 0 aromatic heterocycles. The molecule has 2 N–H and O–H groups in total. The number of hydrogen-bond donors (Lipinski definition) is 2. The number of anilines is 2. The molecule has 0 radical (unpaired) electrons. The number of benzene rings is 2. The van der Waals surface area contributed by atoms with Crippen LogP contribution in [0.4, 0.5) is 11.4 Å². The van der Waals surface area contributed by atoms with E-state index in [1.807, 2.05) is 13.8 Å². The van der Waals surface area contributed by atoms with Crippen molar-refractivity contribution in [3.8, 4) is 0 Å². The summed E-state index contributed by atoms with van der Waals surface area (Å²) in [4.78, 5) is 25.6. The van der Waals surface area contributed by atoms with Crippen molar-refractivity contribution in [1.29, 1.82) is 0 Å². The van der Waals surface area contributed by atoms with Gasteiger partial charge in [-0.15, -0.1) is 0 Å². The minimum Gasteiger partial charge on any atom is -0.350 e. The van der Waals surface area contributed by atoms with Gasteiger partial charge in [0, 0.05) is 11.1 Å². The van der Waals surface area contributed by atoms with E-state index >= 15 is 0 Å². The number of carbonyl (C=O) groups is 2. The molecule has 0 aliphatic heterocycles. The lowest BCUT2D eigenvalue weighted by Crippen LogP contribution is -2.47. The number of sulfonamides is 1. The van der Waals surface area contributed by atoms with Gasteiger partial charge in [0.15, 0.2) is 0 Å². The van der Waals surface area contributed by atoms with Gasteiger partial charge < -0.3 is 10.6 Å². The number of halogens is 1. The van der Waals surface area contributed by atoms with Crippen molar-refractivity contribution in [3.05, 3.63) is 59.1 Å². The van der Waals surface area contributed by atoms with Crippen molar-refractivity contribution in [2.75, 3.05) is 15.9 Å². The van der Waals surface area contributed by atoms with Gasteiger partial charge in [-0.2, -0.15) is 0 Å². The first-order valence-corrected chi connectivity index (χ1v) is 11.7. The first-order valence-electron chi connectivity index (χ1n) is 9.50. The molecule has 1 unspecified atom stereocenters. The number of rotatable bonds is 8. The summed E-state index contributed by atoms with van der Waals surface area (Å²) >= 11 is 5.91. The number of para-hydroxylation sites is 1. The maximum Gasteiger partial charge on any atom is 0.253 e. The Labute approximate surface area is 182 Å². The van der Waals surface area contributed by atoms with Crippen LogP contribution in [-0.2, 0) is 14.8 Å². The topological polar surface area (TPSA) is 95.6 Å². The highest BCUT2D eigenvalue weighted by atomic mass is 35.5. The third kappa shape index (κ3) is 5.96. The Morgan fingerprint density at radius 2 is 1.67 bits per heavy atom. The molecular weight excluding hydrogens is 426 g/mol. The van der Waals surface area contributed by atoms with Gasteiger partial charge in [-0.05, 0) is 56.7 Å². The van der Waals surface area contributed by atoms with E-state index in [1.165, 1.54) is 0 Å². The van der Waals surface area contributed by atoms with Crippen LogP contribution in [0.3, 0.4) is 0 Å². The number of amides is 2. The highest BCUT2D eigenvalue weighted by Gasteiger charge is 2.32. The lowest BCUT2D eigenvalue weighted by Gasteiger charge is -2.30. The first kappa shape index (κ1) is 23.7. The molecule has 0 saturated heterocycles. The molecule has 0 fully saturated rings. The fraction of sp³-hybridized carbons (Fsp3) is 0.333. The summed E-state index contributed by atoms with van der Waals surface area (Å²) in [5.41, 5.74) is 0.935. The van der Waals surface area contributed by atoms with Crippen LogP contribution < -0.4 is 14.9 Å². The highest BCUT2D eigenvalue weighted by molar-refractivity contribution is 7.92. The molecule has 0 bridgehead atoms. The number of nitrogens with one attached hydrogen (secondary N) is 2. The molecule has 2 amide bonds. The normalized spacial score (nSPS) is 12.3. The van der Waals surface area contributed by atoms with Crippen molar-refractivity contribution in [2.45, 2.75) is 39.3 Å². The molecule has 1 atom stereocenters. The van der Waals surface area contributed by atoms with E-state index in [0.717, 1.165) is 10.6 Å². The summed E-state index contributed by atoms with van der Waals surface area (Å²) in [6.45, 7) is 5.39. The Morgan fingerprint density at radius 1 is 1.07 bits per heavy atom. The fourth-order valence-corrected chi connectivity index (χ4v) is 4.33. The predicted octanol–water partition coefficient (Wildman–Crippen LogP) is 3.66. The van der Waals surface area contributed by atoms with E-state index in [9.17, 15) is 18.0 Å². The minimum absolute atomic E-state index is 0.0738. The van der Waals surface area contributed by atoms with E-state index in [0.29, 0.717) is 22.0 Å². The maximum absolute atomic E-state index is 13.1. The van der Waals surface area contributed by atoms with Gasteiger partial charge in [-0.3, -0.25) is 13.9 Å². The van der Waals surface area contributed by atoms with Crippen LogP contribution >= 0.6 is 11.6 Å². The molecule has 0 aliphatic rings. The lowest BCUT2D eigenvalue weighted by molar-refractivity contribution is -0.117. The van der Waals surface area contributed by atoms with E-state index in [4.69, 9.17) is 11.6 Å². The molecule has 2 rings (SSSR count). The smallest absolute Gasteiger partial charge is 0.253 e. The molecule has 0 heterocycles. The molecule has 2 aromatic rings. The van der Waals surface area contributed by atoms with Gasteiger partial charge >= 0.3 is 0 Å². The largest absolute Gasteiger partial charge is 0.350 e. The van der Waals surface area contributed by atoms with Gasteiger partial charge in [-0.25, -0.2) is 8.42 Å². The van der Waals surface area contributed by atoms with Crippen LogP contribution in [0, 0.1) is 0 Å². The van der Waals surface area contributed by atoms with Crippen molar-refractivity contribution >= 4 is 44.8 Å². The van der Waals surface area contributed by atoms with Crippen LogP contribution in [0.5, 0.6) is 0 Å². The second kappa shape index (κ2) is 9.95. The third-order valence-electron chi connectivity index (χ3n) is 4.26. The van der Waals surface area contributed by atoms with Gasteiger partial charge in [0.25, 0.3) is 5.91 Å². The molecular formula is C21H26ClN3O4S. The zero-order chi connectivity index (χ0) is 22.5. The van der Waals surface area contributed by atoms with Crippen molar-refractivity contribution < 1.29 is 18.0 Å². The number of carbonyl (C=O) groups excluding carboxylic acids is 2. The molecule has 9 heteroatoms. The van der Waals surface area contributed by atoms with Crippen molar-refractivity contribution in [2.24, 2.45) is 0 Å². The molecule has 0 spiro atoms. The summed E-state index contributed by atoms with van der Waals surface area (Å²) in [6.07, 6.45) is 1.27. The van der Waals surface area contributed by atoms with Crippen LogP contribution in [0.2, 0.25) is 5.02 Å². The Hall–Kier alpha value is -2.58. The third-order valence-corrected chi connectivity index (χ3v) is 5.69. The van der Waals surface area contributed by atoms with E-state index in [2.05, 4.69) is 10.6 Å². The van der Waals surface area contributed by atoms with Crippen LogP contribution in [-0.4, -0.2) is 38.6 Å². The quantitative estimate of drug-likeness (QED) is 0.640. The van der Waals surface area contributed by atoms with E-state index in [1.54, 1.807) is 55.5 Å². The standard InChI is InChI=1S/C21H26ClN3O4S/c1-5-19(25(30(4,28)29)16-12-10-15(22)11-13-16)21(27)24-18-9-7-6-8-17(18)20(26)23-14(2)3/h6-14,19H,5H2,1-4H3,(H,23,26)(H,24,27). The van der Waals surface area contributed by atoms with Gasteiger partial charge in [0.2, 0.25) is 15.9 Å². The van der Waals surface area contributed by atoms with Crippen molar-refractivity contribution in [1.82, 2.24) is 5.32 Å². The zero-order valence-electron chi connectivity index (χ0n) is 17.3. The maximum atomic E-state index is 13.1. The summed E-state index contributed by atoms with van der Waals surface area (Å²) in [5, 5.41) is 5.96. The Bertz CT molecular complexity index is 1010. The Morgan fingerprint density at radius 3 is 2.20 bits per heavy atom. The molecule has 30 heavy (non-hydrogen) atoms. The molecule has 162 valence electrons. The summed E-state index contributed by atoms with van der Waals surface area (Å²) in [6, 6.07) is 11.7. The van der Waals surface area contributed by atoms with E-state index in [-0.39, 0.29) is 18.4 Å². The SMILES string of the molecule is CCC(C(=O)Nc1ccccc1C(=O)NC(C)C)N(c1ccc(Cl)cc1)S(C)(=O)=O. The fourth-order valence-electron chi connectivity index (χ4n) is 2.99. The molecule has 0 aliphatic carbocycles. The summed E-state index contributed by atoms with van der Waals surface area (Å²) in [7, 11) is -3.77.